The summed E-state index contributed by atoms with van der Waals surface area (Å²) in [5, 5.41) is 6.31. The number of thioether (sulfide) groups is 1. The van der Waals surface area contributed by atoms with Gasteiger partial charge in [-0.1, -0.05) is 23.9 Å². The van der Waals surface area contributed by atoms with Crippen molar-refractivity contribution in [2.75, 3.05) is 23.5 Å². The molecule has 0 unspecified atom stereocenters. The lowest BCUT2D eigenvalue weighted by Crippen LogP contribution is -2.14. The minimum atomic E-state index is -0.136. The molecule has 3 aromatic rings. The van der Waals surface area contributed by atoms with Crippen molar-refractivity contribution in [3.63, 3.8) is 0 Å². The molecule has 2 amide bonds. The lowest BCUT2D eigenvalue weighted by Gasteiger charge is -2.09. The van der Waals surface area contributed by atoms with Gasteiger partial charge in [0.15, 0.2) is 5.16 Å². The van der Waals surface area contributed by atoms with Crippen LogP contribution >= 0.6 is 11.8 Å². The normalized spacial score (nSPS) is 10.4. The molecule has 0 aliphatic carbocycles. The van der Waals surface area contributed by atoms with Crippen LogP contribution in [0.1, 0.15) is 12.5 Å². The Balaban J connectivity index is 1.52. The molecule has 0 aliphatic heterocycles. The van der Waals surface area contributed by atoms with E-state index in [1.54, 1.807) is 37.6 Å². The van der Waals surface area contributed by atoms with E-state index >= 15 is 0 Å². The highest BCUT2D eigenvalue weighted by molar-refractivity contribution is 7.99. The molecule has 0 atom stereocenters. The number of imidazole rings is 1. The SMILES string of the molecule is COc1ccc(Cn2ccnc2SCC(=O)Nc2ccc(NC(C)=O)cc2)cc1. The second-order valence-electron chi connectivity index (χ2n) is 6.28. The molecule has 1 heterocycles. The summed E-state index contributed by atoms with van der Waals surface area (Å²) in [5.41, 5.74) is 2.48. The van der Waals surface area contributed by atoms with E-state index in [1.165, 1.54) is 18.7 Å². The number of aromatic nitrogens is 2. The second-order valence-corrected chi connectivity index (χ2v) is 7.22. The summed E-state index contributed by atoms with van der Waals surface area (Å²) in [4.78, 5) is 27.7. The first kappa shape index (κ1) is 20.5. The number of nitrogens with zero attached hydrogens (tertiary/aromatic N) is 2. The topological polar surface area (TPSA) is 85.2 Å². The minimum Gasteiger partial charge on any atom is -0.497 e. The number of rotatable bonds is 8. The standard InChI is InChI=1S/C21H22N4O3S/c1-15(26)23-17-5-7-18(8-6-17)24-20(27)14-29-21-22-11-12-25(21)13-16-3-9-19(28-2)10-4-16/h3-12H,13-14H2,1-2H3,(H,23,26)(H,24,27). The molecule has 0 aliphatic rings. The van der Waals surface area contributed by atoms with Crippen LogP contribution in [0.3, 0.4) is 0 Å². The van der Waals surface area contributed by atoms with Gasteiger partial charge in [-0.3, -0.25) is 9.59 Å². The molecule has 3 rings (SSSR count). The second kappa shape index (κ2) is 9.79. The number of amides is 2. The van der Waals surface area contributed by atoms with E-state index in [-0.39, 0.29) is 17.6 Å². The van der Waals surface area contributed by atoms with Gasteiger partial charge in [-0.2, -0.15) is 0 Å². The van der Waals surface area contributed by atoms with Crippen molar-refractivity contribution in [1.29, 1.82) is 0 Å². The maximum absolute atomic E-state index is 12.3. The lowest BCUT2D eigenvalue weighted by molar-refractivity contribution is -0.114. The van der Waals surface area contributed by atoms with Crippen molar-refractivity contribution in [3.05, 3.63) is 66.5 Å². The van der Waals surface area contributed by atoms with Crippen molar-refractivity contribution in [2.24, 2.45) is 0 Å². The molecule has 0 saturated carbocycles. The van der Waals surface area contributed by atoms with Crippen LogP contribution in [0.4, 0.5) is 11.4 Å². The molecule has 2 N–H and O–H groups in total. The summed E-state index contributed by atoms with van der Waals surface area (Å²) in [6, 6.07) is 14.8. The molecule has 0 radical (unpaired) electrons. The number of hydrogen-bond donors (Lipinski definition) is 2. The van der Waals surface area contributed by atoms with Gasteiger partial charge in [0.2, 0.25) is 11.8 Å². The van der Waals surface area contributed by atoms with Crippen LogP contribution in [-0.2, 0) is 16.1 Å². The molecule has 0 fully saturated rings. The third-order valence-electron chi connectivity index (χ3n) is 4.01. The fourth-order valence-corrected chi connectivity index (χ4v) is 3.41. The van der Waals surface area contributed by atoms with Gasteiger partial charge < -0.3 is 19.9 Å². The Kier molecular flexibility index (Phi) is 6.91. The first-order chi connectivity index (χ1) is 14.0. The molecular weight excluding hydrogens is 388 g/mol. The molecule has 1 aromatic heterocycles. The number of hydrogen-bond acceptors (Lipinski definition) is 5. The summed E-state index contributed by atoms with van der Waals surface area (Å²) in [7, 11) is 1.64. The highest BCUT2D eigenvalue weighted by Crippen LogP contribution is 2.20. The number of nitrogens with one attached hydrogen (secondary N) is 2. The highest BCUT2D eigenvalue weighted by atomic mass is 32.2. The third kappa shape index (κ3) is 6.11. The van der Waals surface area contributed by atoms with Crippen molar-refractivity contribution >= 4 is 35.0 Å². The largest absolute Gasteiger partial charge is 0.497 e. The first-order valence-electron chi connectivity index (χ1n) is 8.98. The fraction of sp³-hybridized carbons (Fsp3) is 0.190. The number of benzene rings is 2. The van der Waals surface area contributed by atoms with Crippen LogP contribution in [0.25, 0.3) is 0 Å². The monoisotopic (exact) mass is 410 g/mol. The average Bonchev–Trinajstić information content (AvgIpc) is 3.15. The van der Waals surface area contributed by atoms with Gasteiger partial charge in [-0.25, -0.2) is 4.98 Å². The molecule has 0 bridgehead atoms. The van der Waals surface area contributed by atoms with Crippen molar-refractivity contribution in [3.8, 4) is 5.75 Å². The van der Waals surface area contributed by atoms with Gasteiger partial charge >= 0.3 is 0 Å². The molecular formula is C21H22N4O3S. The Hall–Kier alpha value is -3.26. The molecule has 0 saturated heterocycles. The van der Waals surface area contributed by atoms with Gasteiger partial charge in [0, 0.05) is 37.2 Å². The van der Waals surface area contributed by atoms with E-state index < -0.39 is 0 Å². The van der Waals surface area contributed by atoms with Crippen molar-refractivity contribution in [2.45, 2.75) is 18.6 Å². The third-order valence-corrected chi connectivity index (χ3v) is 5.02. The molecule has 29 heavy (non-hydrogen) atoms. The van der Waals surface area contributed by atoms with Crippen molar-refractivity contribution in [1.82, 2.24) is 9.55 Å². The van der Waals surface area contributed by atoms with Crippen LogP contribution < -0.4 is 15.4 Å². The van der Waals surface area contributed by atoms with E-state index in [4.69, 9.17) is 4.74 Å². The summed E-state index contributed by atoms with van der Waals surface area (Å²) < 4.78 is 7.18. The Morgan fingerprint density at radius 3 is 2.31 bits per heavy atom. The van der Waals surface area contributed by atoms with Crippen LogP contribution in [-0.4, -0.2) is 34.2 Å². The first-order valence-corrected chi connectivity index (χ1v) is 9.96. The lowest BCUT2D eigenvalue weighted by atomic mass is 10.2. The van der Waals surface area contributed by atoms with Crippen LogP contribution in [0.5, 0.6) is 5.75 Å². The number of carbonyl (C=O) groups excluding carboxylic acids is 2. The van der Waals surface area contributed by atoms with Crippen LogP contribution in [0.15, 0.2) is 66.1 Å². The van der Waals surface area contributed by atoms with Gasteiger partial charge in [-0.15, -0.1) is 0 Å². The Labute approximate surface area is 173 Å². The molecule has 0 spiro atoms. The van der Waals surface area contributed by atoms with E-state index in [0.29, 0.717) is 17.9 Å². The van der Waals surface area contributed by atoms with Crippen LogP contribution in [0.2, 0.25) is 0 Å². The number of ether oxygens (including phenoxy) is 1. The molecule has 150 valence electrons. The van der Waals surface area contributed by atoms with Gasteiger partial charge in [0.25, 0.3) is 0 Å². The van der Waals surface area contributed by atoms with E-state index in [9.17, 15) is 9.59 Å². The zero-order chi connectivity index (χ0) is 20.6. The van der Waals surface area contributed by atoms with Gasteiger partial charge in [0.05, 0.1) is 12.9 Å². The Morgan fingerprint density at radius 1 is 1.03 bits per heavy atom. The number of methoxy groups -OCH3 is 1. The number of carbonyl (C=O) groups is 2. The summed E-state index contributed by atoms with van der Waals surface area (Å²) >= 11 is 1.38. The van der Waals surface area contributed by atoms with Crippen molar-refractivity contribution < 1.29 is 14.3 Å². The highest BCUT2D eigenvalue weighted by Gasteiger charge is 2.09. The summed E-state index contributed by atoms with van der Waals surface area (Å²) in [5.74, 6) is 0.799. The Morgan fingerprint density at radius 2 is 1.69 bits per heavy atom. The van der Waals surface area contributed by atoms with Crippen LogP contribution in [0, 0.1) is 0 Å². The predicted octanol–water partition coefficient (Wildman–Crippen LogP) is 3.63. The van der Waals surface area contributed by atoms with E-state index in [0.717, 1.165) is 16.5 Å². The zero-order valence-electron chi connectivity index (χ0n) is 16.2. The van der Waals surface area contributed by atoms with E-state index in [2.05, 4.69) is 15.6 Å². The molecule has 7 nitrogen and oxygen atoms in total. The maximum Gasteiger partial charge on any atom is 0.234 e. The molecule has 8 heteroatoms. The summed E-state index contributed by atoms with van der Waals surface area (Å²) in [6.45, 7) is 2.12. The van der Waals surface area contributed by atoms with Gasteiger partial charge in [-0.05, 0) is 42.0 Å². The smallest absolute Gasteiger partial charge is 0.234 e. The quantitative estimate of drug-likeness (QED) is 0.554. The Bertz CT molecular complexity index is 968. The zero-order valence-corrected chi connectivity index (χ0v) is 17.0. The average molecular weight is 410 g/mol. The predicted molar refractivity (Wildman–Crippen MR) is 114 cm³/mol. The maximum atomic E-state index is 12.3. The van der Waals surface area contributed by atoms with E-state index in [1.807, 2.05) is 35.0 Å². The minimum absolute atomic E-state index is 0.124. The fourth-order valence-electron chi connectivity index (χ4n) is 2.65. The summed E-state index contributed by atoms with van der Waals surface area (Å²) in [6.07, 6.45) is 3.62. The molecule has 2 aromatic carbocycles. The van der Waals surface area contributed by atoms with Gasteiger partial charge in [0.1, 0.15) is 5.75 Å². The number of anilines is 2.